The monoisotopic (exact) mass is 364 g/mol. The molecule has 2 N–H and O–H groups in total. The van der Waals surface area contributed by atoms with Crippen molar-refractivity contribution in [1.82, 2.24) is 14.9 Å². The van der Waals surface area contributed by atoms with Crippen LogP contribution in [0.1, 0.15) is 25.6 Å². The topological polar surface area (TPSA) is 78.1 Å². The summed E-state index contributed by atoms with van der Waals surface area (Å²) in [6, 6.07) is 16.7. The highest BCUT2D eigenvalue weighted by Gasteiger charge is 2.13. The predicted molar refractivity (Wildman–Crippen MR) is 108 cm³/mol. The molecule has 1 aromatic heterocycles. The van der Waals surface area contributed by atoms with Crippen LogP contribution in [0, 0.1) is 0 Å². The molecule has 27 heavy (non-hydrogen) atoms. The van der Waals surface area contributed by atoms with Crippen molar-refractivity contribution in [2.45, 2.75) is 26.3 Å². The fourth-order valence-electron chi connectivity index (χ4n) is 2.94. The maximum atomic E-state index is 12.4. The highest BCUT2D eigenvalue weighted by Crippen LogP contribution is 2.09. The molecule has 0 aliphatic carbocycles. The molecule has 1 heterocycles. The summed E-state index contributed by atoms with van der Waals surface area (Å²) in [6.45, 7) is 3.53. The molecule has 0 aliphatic heterocycles. The lowest BCUT2D eigenvalue weighted by atomic mass is 10.2. The van der Waals surface area contributed by atoms with E-state index in [1.807, 2.05) is 53.4 Å². The molecule has 0 aliphatic rings. The molecule has 0 unspecified atom stereocenters. The smallest absolute Gasteiger partial charge is 0.258 e. The van der Waals surface area contributed by atoms with Crippen molar-refractivity contribution < 1.29 is 4.79 Å². The normalized spacial score (nSPS) is 11.0. The van der Waals surface area contributed by atoms with Crippen molar-refractivity contribution in [1.29, 1.82) is 0 Å². The number of carbonyl (C=O) groups excluding carboxylic acids is 1. The van der Waals surface area contributed by atoms with Gasteiger partial charge in [0.2, 0.25) is 5.91 Å². The summed E-state index contributed by atoms with van der Waals surface area (Å²) in [6.07, 6.45) is 1.99. The Morgan fingerprint density at radius 1 is 1.11 bits per heavy atom. The minimum Gasteiger partial charge on any atom is -0.325 e. The number of amides is 1. The van der Waals surface area contributed by atoms with Crippen LogP contribution in [-0.2, 0) is 11.3 Å². The lowest BCUT2D eigenvalue weighted by Gasteiger charge is -2.21. The summed E-state index contributed by atoms with van der Waals surface area (Å²) in [5, 5.41) is 3.48. The van der Waals surface area contributed by atoms with Gasteiger partial charge in [0.15, 0.2) is 0 Å². The molecule has 0 atom stereocenters. The van der Waals surface area contributed by atoms with E-state index in [2.05, 4.69) is 22.2 Å². The van der Waals surface area contributed by atoms with Gasteiger partial charge in [0.1, 0.15) is 5.82 Å². The number of anilines is 1. The number of para-hydroxylation sites is 2. The quantitative estimate of drug-likeness (QED) is 0.644. The molecule has 0 saturated heterocycles. The third-order valence-electron chi connectivity index (χ3n) is 4.29. The molecular weight excluding hydrogens is 340 g/mol. The molecule has 6 heteroatoms. The largest absolute Gasteiger partial charge is 0.325 e. The molecule has 1 amide bonds. The summed E-state index contributed by atoms with van der Waals surface area (Å²) in [5.74, 6) is 0.489. The zero-order valence-electron chi connectivity index (χ0n) is 15.4. The Bertz CT molecular complexity index is 953. The first-order valence-corrected chi connectivity index (χ1v) is 9.21. The number of aromatic nitrogens is 2. The Hall–Kier alpha value is -2.99. The highest BCUT2D eigenvalue weighted by molar-refractivity contribution is 5.92. The van der Waals surface area contributed by atoms with E-state index >= 15 is 0 Å². The van der Waals surface area contributed by atoms with Crippen LogP contribution in [-0.4, -0.2) is 33.9 Å². The Labute approximate surface area is 158 Å². The third kappa shape index (κ3) is 5.24. The number of H-pyrrole nitrogens is 1. The van der Waals surface area contributed by atoms with Crippen LogP contribution in [0.5, 0.6) is 0 Å². The van der Waals surface area contributed by atoms with Gasteiger partial charge in [-0.3, -0.25) is 14.5 Å². The zero-order valence-corrected chi connectivity index (χ0v) is 15.4. The van der Waals surface area contributed by atoms with Crippen molar-refractivity contribution in [3.05, 3.63) is 70.8 Å². The molecule has 0 fully saturated rings. The maximum Gasteiger partial charge on any atom is 0.258 e. The van der Waals surface area contributed by atoms with Gasteiger partial charge >= 0.3 is 0 Å². The first-order chi connectivity index (χ1) is 13.2. The Balaban J connectivity index is 1.72. The molecule has 0 radical (unpaired) electrons. The Kier molecular flexibility index (Phi) is 6.33. The van der Waals surface area contributed by atoms with Crippen molar-refractivity contribution in [3.63, 3.8) is 0 Å². The fraction of sp³-hybridized carbons (Fsp3) is 0.286. The van der Waals surface area contributed by atoms with Crippen molar-refractivity contribution in [2.75, 3.05) is 18.4 Å². The van der Waals surface area contributed by atoms with Gasteiger partial charge in [-0.15, -0.1) is 0 Å². The van der Waals surface area contributed by atoms with Gasteiger partial charge in [0, 0.05) is 5.69 Å². The molecule has 3 aromatic rings. The number of nitrogens with one attached hydrogen (secondary N) is 2. The molecule has 0 saturated carbocycles. The summed E-state index contributed by atoms with van der Waals surface area (Å²) in [4.78, 5) is 34.1. The molecule has 6 nitrogen and oxygen atoms in total. The summed E-state index contributed by atoms with van der Waals surface area (Å²) >= 11 is 0. The molecule has 0 bridgehead atoms. The van der Waals surface area contributed by atoms with Gasteiger partial charge < -0.3 is 10.3 Å². The van der Waals surface area contributed by atoms with E-state index in [-0.39, 0.29) is 18.0 Å². The third-order valence-corrected chi connectivity index (χ3v) is 4.29. The van der Waals surface area contributed by atoms with Gasteiger partial charge in [-0.05, 0) is 37.2 Å². The van der Waals surface area contributed by atoms with Gasteiger partial charge in [0.25, 0.3) is 5.56 Å². The van der Waals surface area contributed by atoms with Crippen LogP contribution in [0.25, 0.3) is 10.9 Å². The van der Waals surface area contributed by atoms with Crippen LogP contribution in [0.4, 0.5) is 5.69 Å². The van der Waals surface area contributed by atoms with Crippen molar-refractivity contribution >= 4 is 22.5 Å². The standard InChI is InChI=1S/C21H24N4O2/c1-2-3-13-25(15-20(26)22-16-9-5-4-6-10-16)14-19-23-18-12-8-7-11-17(18)21(27)24-19/h4-12H,2-3,13-15H2,1H3,(H,22,26)(H,23,24,27). The maximum absolute atomic E-state index is 12.4. The number of carbonyl (C=O) groups is 1. The second-order valence-electron chi connectivity index (χ2n) is 6.51. The van der Waals surface area contributed by atoms with Gasteiger partial charge in [-0.25, -0.2) is 4.98 Å². The number of hydrogen-bond acceptors (Lipinski definition) is 4. The predicted octanol–water partition coefficient (Wildman–Crippen LogP) is 3.16. The zero-order chi connectivity index (χ0) is 19.1. The van der Waals surface area contributed by atoms with Crippen molar-refractivity contribution in [3.8, 4) is 0 Å². The summed E-state index contributed by atoms with van der Waals surface area (Å²) in [7, 11) is 0. The average Bonchev–Trinajstić information content (AvgIpc) is 2.67. The van der Waals surface area contributed by atoms with Crippen LogP contribution >= 0.6 is 0 Å². The average molecular weight is 364 g/mol. The van der Waals surface area contributed by atoms with E-state index in [0.717, 1.165) is 25.1 Å². The second kappa shape index (κ2) is 9.09. The SMILES string of the molecule is CCCCN(CC(=O)Nc1ccccc1)Cc1nc2ccccc2c(=O)[nH]1. The van der Waals surface area contributed by atoms with E-state index in [1.165, 1.54) is 0 Å². The Morgan fingerprint density at radius 3 is 2.63 bits per heavy atom. The molecule has 3 rings (SSSR count). The lowest BCUT2D eigenvalue weighted by Crippen LogP contribution is -2.34. The van der Waals surface area contributed by atoms with Crippen LogP contribution < -0.4 is 10.9 Å². The molecule has 0 spiro atoms. The van der Waals surface area contributed by atoms with Crippen LogP contribution in [0.2, 0.25) is 0 Å². The number of unbranched alkanes of at least 4 members (excludes halogenated alkanes) is 1. The molecular formula is C21H24N4O2. The number of nitrogens with zero attached hydrogens (tertiary/aromatic N) is 2. The summed E-state index contributed by atoms with van der Waals surface area (Å²) < 4.78 is 0. The molecule has 2 aromatic carbocycles. The van der Waals surface area contributed by atoms with Gasteiger partial charge in [-0.1, -0.05) is 43.7 Å². The number of aromatic amines is 1. The number of fused-ring (bicyclic) bond motifs is 1. The number of benzene rings is 2. The second-order valence-corrected chi connectivity index (χ2v) is 6.51. The van der Waals surface area contributed by atoms with Crippen LogP contribution in [0.3, 0.4) is 0 Å². The summed E-state index contributed by atoms with van der Waals surface area (Å²) in [5.41, 5.74) is 1.29. The first-order valence-electron chi connectivity index (χ1n) is 9.21. The van der Waals surface area contributed by atoms with Gasteiger partial charge in [0.05, 0.1) is 24.0 Å². The number of rotatable bonds is 8. The minimum atomic E-state index is -0.153. The Morgan fingerprint density at radius 2 is 1.85 bits per heavy atom. The van der Waals surface area contributed by atoms with E-state index in [9.17, 15) is 9.59 Å². The van der Waals surface area contributed by atoms with E-state index in [0.29, 0.717) is 23.3 Å². The number of hydrogen-bond donors (Lipinski definition) is 2. The van der Waals surface area contributed by atoms with Gasteiger partial charge in [-0.2, -0.15) is 0 Å². The van der Waals surface area contributed by atoms with E-state index in [1.54, 1.807) is 6.07 Å². The van der Waals surface area contributed by atoms with E-state index < -0.39 is 0 Å². The highest BCUT2D eigenvalue weighted by atomic mass is 16.2. The van der Waals surface area contributed by atoms with E-state index in [4.69, 9.17) is 0 Å². The lowest BCUT2D eigenvalue weighted by molar-refractivity contribution is -0.117. The van der Waals surface area contributed by atoms with Crippen LogP contribution in [0.15, 0.2) is 59.4 Å². The first kappa shape index (κ1) is 18.8. The minimum absolute atomic E-state index is 0.0829. The van der Waals surface area contributed by atoms with Crippen molar-refractivity contribution in [2.24, 2.45) is 0 Å². The fourth-order valence-corrected chi connectivity index (χ4v) is 2.94. The molecule has 140 valence electrons.